The number of aromatic nitrogens is 3. The van der Waals surface area contributed by atoms with E-state index in [2.05, 4.69) is 20.1 Å². The van der Waals surface area contributed by atoms with E-state index in [1.54, 1.807) is 29.2 Å². The van der Waals surface area contributed by atoms with Crippen LogP contribution in [0.3, 0.4) is 0 Å². The van der Waals surface area contributed by atoms with Crippen molar-refractivity contribution in [2.45, 2.75) is 36.9 Å². The van der Waals surface area contributed by atoms with Crippen LogP contribution >= 0.6 is 0 Å². The van der Waals surface area contributed by atoms with Gasteiger partial charge in [0, 0.05) is 19.5 Å². The van der Waals surface area contributed by atoms with E-state index in [0.29, 0.717) is 31.7 Å². The summed E-state index contributed by atoms with van der Waals surface area (Å²) in [6.07, 6.45) is 4.58. The van der Waals surface area contributed by atoms with E-state index in [1.807, 2.05) is 11.0 Å². The lowest BCUT2D eigenvalue weighted by Gasteiger charge is -2.38. The van der Waals surface area contributed by atoms with Gasteiger partial charge >= 0.3 is 0 Å². The number of para-hydroxylation sites is 1. The Hall–Kier alpha value is -2.46. The maximum absolute atomic E-state index is 12.5. The second-order valence-corrected chi connectivity index (χ2v) is 8.55. The molecule has 0 radical (unpaired) electrons. The Labute approximate surface area is 157 Å². The quantitative estimate of drug-likeness (QED) is 0.793. The number of anilines is 1. The molecule has 0 saturated carbocycles. The number of amides is 1. The first kappa shape index (κ1) is 17.9. The summed E-state index contributed by atoms with van der Waals surface area (Å²) in [5.74, 6) is 0.221. The molecule has 1 amide bonds. The van der Waals surface area contributed by atoms with E-state index in [1.165, 1.54) is 6.33 Å². The first-order valence-electron chi connectivity index (χ1n) is 9.01. The predicted molar refractivity (Wildman–Crippen MR) is 98.1 cm³/mol. The van der Waals surface area contributed by atoms with Gasteiger partial charge in [0.2, 0.25) is 15.9 Å². The number of piperidine rings is 1. The smallest absolute Gasteiger partial charge is 0.244 e. The van der Waals surface area contributed by atoms with Crippen molar-refractivity contribution < 1.29 is 13.2 Å². The number of hydrogen-bond donors (Lipinski definition) is 2. The minimum absolute atomic E-state index is 0.0893. The Kier molecular flexibility index (Phi) is 4.83. The molecule has 144 valence electrons. The van der Waals surface area contributed by atoms with Crippen LogP contribution in [-0.2, 0) is 21.4 Å². The zero-order valence-corrected chi connectivity index (χ0v) is 15.6. The molecule has 10 heteroatoms. The van der Waals surface area contributed by atoms with Gasteiger partial charge in [-0.25, -0.2) is 13.4 Å². The van der Waals surface area contributed by atoms with Gasteiger partial charge in [0.1, 0.15) is 17.6 Å². The maximum Gasteiger partial charge on any atom is 0.244 e. The lowest BCUT2D eigenvalue weighted by Crippen LogP contribution is -2.52. The van der Waals surface area contributed by atoms with Gasteiger partial charge in [-0.05, 0) is 30.9 Å². The highest BCUT2D eigenvalue weighted by Gasteiger charge is 2.35. The molecule has 9 nitrogen and oxygen atoms in total. The average molecular weight is 390 g/mol. The fourth-order valence-electron chi connectivity index (χ4n) is 3.66. The molecule has 2 N–H and O–H groups in total. The molecule has 2 aliphatic rings. The average Bonchev–Trinajstić information content (AvgIpc) is 3.19. The summed E-state index contributed by atoms with van der Waals surface area (Å²) in [4.78, 5) is 18.4. The number of aryl methyl sites for hydroxylation is 1. The number of fused-ring (bicyclic) bond motifs is 1. The van der Waals surface area contributed by atoms with Gasteiger partial charge in [-0.15, -0.1) is 0 Å². The minimum atomic E-state index is -3.51. The fraction of sp³-hybridized carbons (Fsp3) is 0.471. The zero-order chi connectivity index (χ0) is 18.9. The molecule has 2 aromatic rings. The van der Waals surface area contributed by atoms with Gasteiger partial charge in [-0.1, -0.05) is 12.1 Å². The Bertz CT molecular complexity index is 907. The zero-order valence-electron chi connectivity index (χ0n) is 14.8. The van der Waals surface area contributed by atoms with Crippen molar-refractivity contribution in [1.82, 2.24) is 24.4 Å². The number of carbonyl (C=O) groups is 1. The number of nitrogens with one attached hydrogen (secondary N) is 2. The van der Waals surface area contributed by atoms with Gasteiger partial charge < -0.3 is 10.2 Å². The van der Waals surface area contributed by atoms with E-state index in [4.69, 9.17) is 0 Å². The van der Waals surface area contributed by atoms with E-state index in [-0.39, 0.29) is 22.9 Å². The van der Waals surface area contributed by atoms with E-state index < -0.39 is 10.0 Å². The van der Waals surface area contributed by atoms with Crippen molar-refractivity contribution in [3.05, 3.63) is 36.9 Å². The molecular formula is C17H22N6O3S. The summed E-state index contributed by atoms with van der Waals surface area (Å²) in [6, 6.07) is 6.91. The van der Waals surface area contributed by atoms with Crippen LogP contribution in [0.25, 0.3) is 0 Å². The molecule has 2 aliphatic heterocycles. The number of hydrogen-bond acceptors (Lipinski definition) is 6. The summed E-state index contributed by atoms with van der Waals surface area (Å²) in [6.45, 7) is 1.77. The van der Waals surface area contributed by atoms with Gasteiger partial charge in [0.05, 0.1) is 18.4 Å². The van der Waals surface area contributed by atoms with E-state index in [0.717, 1.165) is 12.8 Å². The highest BCUT2D eigenvalue weighted by Crippen LogP contribution is 2.30. The first-order valence-corrected chi connectivity index (χ1v) is 10.5. The molecule has 1 atom stereocenters. The largest absolute Gasteiger partial charge is 0.368 e. The van der Waals surface area contributed by atoms with Crippen LogP contribution in [0, 0.1) is 5.92 Å². The number of likely N-dealkylation sites (tertiary alicyclic amines) is 1. The van der Waals surface area contributed by atoms with Gasteiger partial charge in [0.15, 0.2) is 0 Å². The van der Waals surface area contributed by atoms with Crippen molar-refractivity contribution in [1.29, 1.82) is 0 Å². The molecule has 0 aliphatic carbocycles. The molecular weight excluding hydrogens is 368 g/mol. The van der Waals surface area contributed by atoms with E-state index in [9.17, 15) is 13.2 Å². The lowest BCUT2D eigenvalue weighted by molar-refractivity contribution is -0.133. The second-order valence-electron chi connectivity index (χ2n) is 6.87. The number of sulfonamides is 1. The second kappa shape index (κ2) is 7.28. The molecule has 0 bridgehead atoms. The fourth-order valence-corrected chi connectivity index (χ4v) is 5.05. The van der Waals surface area contributed by atoms with Gasteiger partial charge in [-0.2, -0.15) is 9.82 Å². The summed E-state index contributed by atoms with van der Waals surface area (Å²) in [7, 11) is -3.51. The molecule has 0 spiro atoms. The van der Waals surface area contributed by atoms with Crippen molar-refractivity contribution in [3.8, 4) is 0 Å². The molecule has 3 heterocycles. The summed E-state index contributed by atoms with van der Waals surface area (Å²) in [5.41, 5.74) is 0.632. The molecule has 27 heavy (non-hydrogen) atoms. The van der Waals surface area contributed by atoms with Crippen molar-refractivity contribution in [2.75, 3.05) is 18.4 Å². The first-order chi connectivity index (χ1) is 13.0. The molecule has 1 fully saturated rings. The van der Waals surface area contributed by atoms with Crippen molar-refractivity contribution >= 4 is 21.6 Å². The molecule has 1 aromatic heterocycles. The van der Waals surface area contributed by atoms with Gasteiger partial charge in [-0.3, -0.25) is 9.48 Å². The van der Waals surface area contributed by atoms with Crippen LogP contribution < -0.4 is 10.0 Å². The predicted octanol–water partition coefficient (Wildman–Crippen LogP) is 0.637. The van der Waals surface area contributed by atoms with Crippen molar-refractivity contribution in [3.63, 3.8) is 0 Å². The number of rotatable bonds is 4. The monoisotopic (exact) mass is 390 g/mol. The molecule has 4 rings (SSSR count). The SMILES string of the molecule is O=C(CCn1cncn1)N1CCC([C@@H]2Nc3ccccc3S(=O)(=O)N2)CC1. The third kappa shape index (κ3) is 3.81. The number of nitrogens with zero attached hydrogens (tertiary/aromatic N) is 4. The van der Waals surface area contributed by atoms with Crippen LogP contribution in [0.15, 0.2) is 41.8 Å². The highest BCUT2D eigenvalue weighted by molar-refractivity contribution is 7.89. The third-order valence-corrected chi connectivity index (χ3v) is 6.65. The summed E-state index contributed by atoms with van der Waals surface area (Å²) >= 11 is 0. The van der Waals surface area contributed by atoms with Gasteiger partial charge in [0.25, 0.3) is 0 Å². The standard InChI is InChI=1S/C17H22N6O3S/c24-16(7-10-23-12-18-11-19-23)22-8-5-13(6-9-22)17-20-14-3-1-2-4-15(14)27(25,26)21-17/h1-4,11-13,17,20-21H,5-10H2/t17-/m1/s1. The molecule has 0 unspecified atom stereocenters. The van der Waals surface area contributed by atoms with Crippen LogP contribution in [0.4, 0.5) is 5.69 Å². The Morgan fingerprint density at radius 3 is 2.74 bits per heavy atom. The summed E-state index contributed by atoms with van der Waals surface area (Å²) in [5, 5.41) is 7.30. The normalized spacial score (nSPS) is 22.1. The lowest BCUT2D eigenvalue weighted by atomic mass is 9.93. The Morgan fingerprint density at radius 1 is 1.22 bits per heavy atom. The maximum atomic E-state index is 12.5. The Morgan fingerprint density at radius 2 is 2.00 bits per heavy atom. The number of carbonyl (C=O) groups excluding carboxylic acids is 1. The highest BCUT2D eigenvalue weighted by atomic mass is 32.2. The number of benzene rings is 1. The molecule has 1 saturated heterocycles. The molecule has 1 aromatic carbocycles. The van der Waals surface area contributed by atoms with Crippen molar-refractivity contribution in [2.24, 2.45) is 5.92 Å². The van der Waals surface area contributed by atoms with Crippen LogP contribution in [0.1, 0.15) is 19.3 Å². The third-order valence-electron chi connectivity index (χ3n) is 5.15. The minimum Gasteiger partial charge on any atom is -0.368 e. The topological polar surface area (TPSA) is 109 Å². The Balaban J connectivity index is 1.34. The van der Waals surface area contributed by atoms with Crippen LogP contribution in [-0.4, -0.2) is 53.2 Å². The van der Waals surface area contributed by atoms with Crippen LogP contribution in [0.5, 0.6) is 0 Å². The summed E-state index contributed by atoms with van der Waals surface area (Å²) < 4.78 is 29.3. The van der Waals surface area contributed by atoms with E-state index >= 15 is 0 Å². The van der Waals surface area contributed by atoms with Crippen LogP contribution in [0.2, 0.25) is 0 Å².